The Morgan fingerprint density at radius 1 is 1.33 bits per heavy atom. The molecule has 2 heterocycles. The maximum absolute atomic E-state index is 12.4. The molecular formula is C11H15NO4S2. The van der Waals surface area contributed by atoms with Gasteiger partial charge in [0, 0.05) is 18.0 Å². The van der Waals surface area contributed by atoms with E-state index in [-0.39, 0.29) is 9.77 Å². The highest BCUT2D eigenvalue weighted by Crippen LogP contribution is 2.29. The third-order valence-corrected chi connectivity index (χ3v) is 6.21. The molecule has 0 atom stereocenters. The van der Waals surface area contributed by atoms with E-state index in [0.29, 0.717) is 18.0 Å². The van der Waals surface area contributed by atoms with Gasteiger partial charge in [-0.15, -0.1) is 11.3 Å². The van der Waals surface area contributed by atoms with Gasteiger partial charge < -0.3 is 5.11 Å². The van der Waals surface area contributed by atoms with Crippen LogP contribution in [0.5, 0.6) is 0 Å². The first-order valence-corrected chi connectivity index (χ1v) is 8.02. The summed E-state index contributed by atoms with van der Waals surface area (Å²) in [6.07, 6.45) is 2.79. The minimum atomic E-state index is -3.52. The van der Waals surface area contributed by atoms with Crippen LogP contribution in [0.2, 0.25) is 0 Å². The molecule has 1 fully saturated rings. The average molecular weight is 289 g/mol. The Labute approximate surface area is 110 Å². The number of sulfonamides is 1. The predicted octanol–water partition coefficient (Wildman–Crippen LogP) is 1.93. The van der Waals surface area contributed by atoms with Crippen LogP contribution in [0.4, 0.5) is 0 Å². The molecule has 0 saturated carbocycles. The molecule has 5 nitrogen and oxygen atoms in total. The summed E-state index contributed by atoms with van der Waals surface area (Å²) >= 11 is 1.01. The van der Waals surface area contributed by atoms with Gasteiger partial charge in [0.25, 0.3) is 0 Å². The van der Waals surface area contributed by atoms with Gasteiger partial charge >= 0.3 is 5.97 Å². The topological polar surface area (TPSA) is 74.7 Å². The molecule has 1 aromatic heterocycles. The summed E-state index contributed by atoms with van der Waals surface area (Å²) in [4.78, 5) is 11.6. The number of hydrogen-bond donors (Lipinski definition) is 1. The van der Waals surface area contributed by atoms with Crippen LogP contribution in [-0.4, -0.2) is 36.9 Å². The van der Waals surface area contributed by atoms with Crippen molar-refractivity contribution in [1.82, 2.24) is 4.31 Å². The normalized spacial score (nSPS) is 17.8. The highest BCUT2D eigenvalue weighted by Gasteiger charge is 2.29. The molecule has 7 heteroatoms. The molecule has 0 aliphatic carbocycles. The Morgan fingerprint density at radius 2 is 1.94 bits per heavy atom. The van der Waals surface area contributed by atoms with Crippen LogP contribution < -0.4 is 0 Å². The van der Waals surface area contributed by atoms with Gasteiger partial charge in [-0.25, -0.2) is 13.2 Å². The first-order chi connectivity index (χ1) is 8.43. The van der Waals surface area contributed by atoms with E-state index in [1.807, 2.05) is 0 Å². The highest BCUT2D eigenvalue weighted by atomic mass is 32.2. The zero-order valence-electron chi connectivity index (χ0n) is 10.0. The summed E-state index contributed by atoms with van der Waals surface area (Å²) in [6, 6.07) is 1.27. The fraction of sp³-hybridized carbons (Fsp3) is 0.545. The Balaban J connectivity index is 2.37. The van der Waals surface area contributed by atoms with Crippen molar-refractivity contribution >= 4 is 27.3 Å². The molecule has 1 N–H and O–H groups in total. The lowest BCUT2D eigenvalue weighted by molar-refractivity contribution is 0.0702. The Morgan fingerprint density at radius 3 is 2.44 bits per heavy atom. The Kier molecular flexibility index (Phi) is 3.74. The van der Waals surface area contributed by atoms with Crippen LogP contribution in [0.15, 0.2) is 11.0 Å². The van der Waals surface area contributed by atoms with Gasteiger partial charge in [0.2, 0.25) is 10.0 Å². The van der Waals surface area contributed by atoms with Crippen LogP contribution in [0.3, 0.4) is 0 Å². The Bertz CT molecular complexity index is 556. The van der Waals surface area contributed by atoms with Crippen LogP contribution >= 0.6 is 11.3 Å². The van der Waals surface area contributed by atoms with Gasteiger partial charge in [0.15, 0.2) is 0 Å². The fourth-order valence-electron chi connectivity index (χ4n) is 2.07. The molecule has 100 valence electrons. The second-order valence-corrected chi connectivity index (χ2v) is 7.46. The van der Waals surface area contributed by atoms with Crippen molar-refractivity contribution in [2.24, 2.45) is 0 Å². The quantitative estimate of drug-likeness (QED) is 0.922. The molecule has 0 spiro atoms. The van der Waals surface area contributed by atoms with Crippen molar-refractivity contribution in [2.45, 2.75) is 31.1 Å². The fourth-order valence-corrected chi connectivity index (χ4v) is 4.99. The molecule has 2 rings (SSSR count). The maximum Gasteiger partial charge on any atom is 0.345 e. The molecule has 1 aliphatic rings. The average Bonchev–Trinajstić information content (AvgIpc) is 2.73. The van der Waals surface area contributed by atoms with Gasteiger partial charge in [-0.05, 0) is 25.8 Å². The summed E-state index contributed by atoms with van der Waals surface area (Å²) in [5.74, 6) is -1.08. The van der Waals surface area contributed by atoms with Crippen LogP contribution in [-0.2, 0) is 10.0 Å². The number of hydrogen-bond acceptors (Lipinski definition) is 4. The van der Waals surface area contributed by atoms with Crippen molar-refractivity contribution in [1.29, 1.82) is 0 Å². The lowest BCUT2D eigenvalue weighted by Crippen LogP contribution is -2.35. The van der Waals surface area contributed by atoms with E-state index < -0.39 is 16.0 Å². The van der Waals surface area contributed by atoms with Gasteiger partial charge in [-0.2, -0.15) is 4.31 Å². The molecular weight excluding hydrogens is 274 g/mol. The van der Waals surface area contributed by atoms with Crippen molar-refractivity contribution in [3.63, 3.8) is 0 Å². The highest BCUT2D eigenvalue weighted by molar-refractivity contribution is 7.89. The molecule has 0 aromatic carbocycles. The number of carboxylic acid groups (broad SMARTS) is 1. The number of carbonyl (C=O) groups is 1. The number of rotatable bonds is 3. The van der Waals surface area contributed by atoms with E-state index in [2.05, 4.69) is 0 Å². The molecule has 0 bridgehead atoms. The van der Waals surface area contributed by atoms with E-state index in [1.165, 1.54) is 10.4 Å². The van der Waals surface area contributed by atoms with Gasteiger partial charge in [0.05, 0.1) is 4.90 Å². The SMILES string of the molecule is Cc1sc(C(=O)O)cc1S(=O)(=O)N1CCCCC1. The van der Waals surface area contributed by atoms with Crippen LogP contribution in [0.1, 0.15) is 33.8 Å². The molecule has 0 radical (unpaired) electrons. The maximum atomic E-state index is 12.4. The smallest absolute Gasteiger partial charge is 0.345 e. The predicted molar refractivity (Wildman–Crippen MR) is 68.6 cm³/mol. The van der Waals surface area contributed by atoms with Crippen LogP contribution in [0.25, 0.3) is 0 Å². The first kappa shape index (κ1) is 13.5. The van der Waals surface area contributed by atoms with Gasteiger partial charge in [0.1, 0.15) is 4.88 Å². The molecule has 0 unspecified atom stereocenters. The second kappa shape index (κ2) is 4.99. The summed E-state index contributed by atoms with van der Waals surface area (Å²) in [5, 5.41) is 8.90. The summed E-state index contributed by atoms with van der Waals surface area (Å²) in [5.41, 5.74) is 0. The third kappa shape index (κ3) is 2.43. The van der Waals surface area contributed by atoms with Gasteiger partial charge in [-0.3, -0.25) is 0 Å². The molecule has 0 amide bonds. The number of aromatic carboxylic acids is 1. The summed E-state index contributed by atoms with van der Waals surface area (Å²) in [6.45, 7) is 2.70. The monoisotopic (exact) mass is 289 g/mol. The van der Waals surface area contributed by atoms with Crippen molar-refractivity contribution in [3.05, 3.63) is 15.8 Å². The van der Waals surface area contributed by atoms with E-state index in [0.717, 1.165) is 30.6 Å². The zero-order valence-corrected chi connectivity index (χ0v) is 11.7. The number of thiophene rings is 1. The summed E-state index contributed by atoms with van der Waals surface area (Å²) in [7, 11) is -3.52. The largest absolute Gasteiger partial charge is 0.477 e. The van der Waals surface area contributed by atoms with Crippen molar-refractivity contribution < 1.29 is 18.3 Å². The molecule has 1 saturated heterocycles. The van der Waals surface area contributed by atoms with E-state index in [4.69, 9.17) is 5.11 Å². The number of aryl methyl sites for hydroxylation is 1. The second-order valence-electron chi connectivity index (χ2n) is 4.30. The lowest BCUT2D eigenvalue weighted by Gasteiger charge is -2.25. The van der Waals surface area contributed by atoms with E-state index in [1.54, 1.807) is 6.92 Å². The Hall–Kier alpha value is -0.920. The number of carboxylic acids is 1. The minimum Gasteiger partial charge on any atom is -0.477 e. The standard InChI is InChI=1S/C11H15NO4S2/c1-8-10(7-9(17-8)11(13)14)18(15,16)12-5-3-2-4-6-12/h7H,2-6H2,1H3,(H,13,14). The first-order valence-electron chi connectivity index (χ1n) is 5.77. The number of piperidine rings is 1. The minimum absolute atomic E-state index is 0.0723. The molecule has 1 aromatic rings. The zero-order chi connectivity index (χ0) is 13.3. The van der Waals surface area contributed by atoms with E-state index >= 15 is 0 Å². The number of nitrogens with zero attached hydrogens (tertiary/aromatic N) is 1. The third-order valence-electron chi connectivity index (χ3n) is 3.02. The van der Waals surface area contributed by atoms with Gasteiger partial charge in [-0.1, -0.05) is 6.42 Å². The van der Waals surface area contributed by atoms with E-state index in [9.17, 15) is 13.2 Å². The van der Waals surface area contributed by atoms with Crippen molar-refractivity contribution in [2.75, 3.05) is 13.1 Å². The van der Waals surface area contributed by atoms with Crippen molar-refractivity contribution in [3.8, 4) is 0 Å². The molecule has 18 heavy (non-hydrogen) atoms. The summed E-state index contributed by atoms with van der Waals surface area (Å²) < 4.78 is 26.2. The van der Waals surface area contributed by atoms with Crippen LogP contribution in [0, 0.1) is 6.92 Å². The lowest BCUT2D eigenvalue weighted by atomic mass is 10.2. The molecule has 1 aliphatic heterocycles.